The van der Waals surface area contributed by atoms with Crippen LogP contribution < -0.4 is 9.47 Å². The molecule has 0 bridgehead atoms. The zero-order chi connectivity index (χ0) is 25.4. The molecule has 4 heteroatoms. The number of ether oxygens (including phenoxy) is 2. The van der Waals surface area contributed by atoms with E-state index in [4.69, 9.17) is 19.5 Å². The first-order valence-corrected chi connectivity index (χ1v) is 13.4. The standard InChI is InChI=1S/C32H40N2O2/c1-4-7-24-35-29-19-15-27(16-20-29)33-31(6-3)32(23-14-26-12-10-9-11-13-26)34-28-17-21-30(22-18-28)36-25-8-5-2/h9-13,15-22H,4-8,14,23-25H2,1-3H3. The molecule has 0 amide bonds. The first-order chi connectivity index (χ1) is 17.7. The zero-order valence-corrected chi connectivity index (χ0v) is 22.1. The van der Waals surface area contributed by atoms with Crippen LogP contribution in [0.25, 0.3) is 0 Å². The number of unbranched alkanes of at least 4 members (excludes halogenated alkanes) is 2. The highest BCUT2D eigenvalue weighted by atomic mass is 16.5. The van der Waals surface area contributed by atoms with E-state index in [0.717, 1.165) is 92.5 Å². The Morgan fingerprint density at radius 2 is 1.11 bits per heavy atom. The summed E-state index contributed by atoms with van der Waals surface area (Å²) in [5.74, 6) is 1.78. The van der Waals surface area contributed by atoms with E-state index >= 15 is 0 Å². The first-order valence-electron chi connectivity index (χ1n) is 13.4. The van der Waals surface area contributed by atoms with Crippen LogP contribution in [0.15, 0.2) is 88.8 Å². The van der Waals surface area contributed by atoms with Crippen LogP contribution >= 0.6 is 0 Å². The highest BCUT2D eigenvalue weighted by Gasteiger charge is 2.10. The molecule has 0 N–H and O–H groups in total. The van der Waals surface area contributed by atoms with Gasteiger partial charge in [-0.3, -0.25) is 9.98 Å². The van der Waals surface area contributed by atoms with Gasteiger partial charge in [-0.25, -0.2) is 0 Å². The second-order valence-electron chi connectivity index (χ2n) is 8.85. The Bertz CT molecular complexity index is 1070. The lowest BCUT2D eigenvalue weighted by atomic mass is 10.0. The predicted octanol–water partition coefficient (Wildman–Crippen LogP) is 8.93. The maximum atomic E-state index is 5.82. The number of hydrogen-bond donors (Lipinski definition) is 0. The Balaban J connectivity index is 1.81. The average Bonchev–Trinajstić information content (AvgIpc) is 2.92. The van der Waals surface area contributed by atoms with Crippen LogP contribution in [-0.2, 0) is 6.42 Å². The summed E-state index contributed by atoms with van der Waals surface area (Å²) in [6, 6.07) is 26.7. The zero-order valence-electron chi connectivity index (χ0n) is 22.1. The minimum atomic E-state index is 0.747. The Morgan fingerprint density at radius 1 is 0.611 bits per heavy atom. The van der Waals surface area contributed by atoms with Crippen LogP contribution in [0.3, 0.4) is 0 Å². The first kappa shape index (κ1) is 27.2. The van der Waals surface area contributed by atoms with Crippen molar-refractivity contribution >= 4 is 22.8 Å². The van der Waals surface area contributed by atoms with Gasteiger partial charge in [0.25, 0.3) is 0 Å². The van der Waals surface area contributed by atoms with Crippen molar-refractivity contribution in [3.8, 4) is 11.5 Å². The molecule has 0 aliphatic rings. The fourth-order valence-electron chi connectivity index (χ4n) is 3.73. The molecule has 0 aliphatic heterocycles. The molecular weight excluding hydrogens is 444 g/mol. The third kappa shape index (κ3) is 9.33. The lowest BCUT2D eigenvalue weighted by Crippen LogP contribution is -2.14. The van der Waals surface area contributed by atoms with Gasteiger partial charge < -0.3 is 9.47 Å². The van der Waals surface area contributed by atoms with Gasteiger partial charge in [0.2, 0.25) is 0 Å². The molecule has 4 nitrogen and oxygen atoms in total. The summed E-state index contributed by atoms with van der Waals surface area (Å²) in [6.45, 7) is 7.97. The second-order valence-corrected chi connectivity index (χ2v) is 8.85. The van der Waals surface area contributed by atoms with Crippen molar-refractivity contribution in [2.45, 2.75) is 65.7 Å². The topological polar surface area (TPSA) is 43.2 Å². The minimum absolute atomic E-state index is 0.747. The Labute approximate surface area is 217 Å². The number of aliphatic imine (C=N–C) groups is 2. The lowest BCUT2D eigenvalue weighted by molar-refractivity contribution is 0.309. The molecule has 0 aromatic heterocycles. The van der Waals surface area contributed by atoms with Crippen LogP contribution in [-0.4, -0.2) is 24.6 Å². The Kier molecular flexibility index (Phi) is 11.8. The van der Waals surface area contributed by atoms with Gasteiger partial charge in [0, 0.05) is 0 Å². The second kappa shape index (κ2) is 15.6. The molecule has 0 atom stereocenters. The summed E-state index contributed by atoms with van der Waals surface area (Å²) < 4.78 is 11.6. The summed E-state index contributed by atoms with van der Waals surface area (Å²) >= 11 is 0. The number of nitrogens with zero attached hydrogens (tertiary/aromatic N) is 2. The maximum Gasteiger partial charge on any atom is 0.119 e. The van der Waals surface area contributed by atoms with Crippen LogP contribution in [0.1, 0.15) is 64.9 Å². The van der Waals surface area contributed by atoms with Gasteiger partial charge in [0.05, 0.1) is 36.0 Å². The van der Waals surface area contributed by atoms with Gasteiger partial charge in [0.15, 0.2) is 0 Å². The highest BCUT2D eigenvalue weighted by Crippen LogP contribution is 2.23. The fourth-order valence-corrected chi connectivity index (χ4v) is 3.73. The molecule has 3 rings (SSSR count). The van der Waals surface area contributed by atoms with E-state index in [-0.39, 0.29) is 0 Å². The quantitative estimate of drug-likeness (QED) is 0.160. The van der Waals surface area contributed by atoms with E-state index in [1.807, 2.05) is 48.5 Å². The van der Waals surface area contributed by atoms with Crippen molar-refractivity contribution in [2.24, 2.45) is 9.98 Å². The van der Waals surface area contributed by atoms with Crippen molar-refractivity contribution in [3.63, 3.8) is 0 Å². The monoisotopic (exact) mass is 484 g/mol. The normalized spacial score (nSPS) is 12.0. The molecular formula is C32H40N2O2. The third-order valence-corrected chi connectivity index (χ3v) is 5.90. The van der Waals surface area contributed by atoms with Crippen LogP contribution in [0.2, 0.25) is 0 Å². The van der Waals surface area contributed by atoms with E-state index in [0.29, 0.717) is 0 Å². The molecule has 3 aromatic rings. The van der Waals surface area contributed by atoms with Crippen molar-refractivity contribution in [1.29, 1.82) is 0 Å². The smallest absolute Gasteiger partial charge is 0.119 e. The van der Waals surface area contributed by atoms with Gasteiger partial charge in [-0.1, -0.05) is 63.9 Å². The van der Waals surface area contributed by atoms with E-state index in [1.165, 1.54) is 5.56 Å². The molecule has 0 saturated carbocycles. The van der Waals surface area contributed by atoms with Crippen LogP contribution in [0, 0.1) is 0 Å². The Morgan fingerprint density at radius 3 is 1.58 bits per heavy atom. The van der Waals surface area contributed by atoms with Gasteiger partial charge in [-0.05, 0) is 86.2 Å². The maximum absolute atomic E-state index is 5.82. The number of hydrogen-bond acceptors (Lipinski definition) is 4. The molecule has 0 radical (unpaired) electrons. The van der Waals surface area contributed by atoms with E-state index in [2.05, 4.69) is 51.1 Å². The summed E-state index contributed by atoms with van der Waals surface area (Å²) in [5, 5.41) is 0. The van der Waals surface area contributed by atoms with Gasteiger partial charge in [-0.2, -0.15) is 0 Å². The number of benzene rings is 3. The minimum Gasteiger partial charge on any atom is -0.494 e. The molecule has 190 valence electrons. The van der Waals surface area contributed by atoms with E-state index in [1.54, 1.807) is 0 Å². The van der Waals surface area contributed by atoms with Gasteiger partial charge in [-0.15, -0.1) is 0 Å². The summed E-state index contributed by atoms with van der Waals surface area (Å²) in [7, 11) is 0. The summed E-state index contributed by atoms with van der Waals surface area (Å²) in [6.07, 6.45) is 6.92. The molecule has 0 fully saturated rings. The molecule has 0 saturated heterocycles. The van der Waals surface area contributed by atoms with Gasteiger partial charge >= 0.3 is 0 Å². The van der Waals surface area contributed by atoms with E-state index < -0.39 is 0 Å². The van der Waals surface area contributed by atoms with Crippen molar-refractivity contribution < 1.29 is 9.47 Å². The Hall–Kier alpha value is -3.40. The molecule has 0 unspecified atom stereocenters. The average molecular weight is 485 g/mol. The number of rotatable bonds is 15. The van der Waals surface area contributed by atoms with E-state index in [9.17, 15) is 0 Å². The van der Waals surface area contributed by atoms with Crippen LogP contribution in [0.4, 0.5) is 11.4 Å². The lowest BCUT2D eigenvalue weighted by Gasteiger charge is -2.11. The van der Waals surface area contributed by atoms with Crippen molar-refractivity contribution in [2.75, 3.05) is 13.2 Å². The molecule has 0 heterocycles. The summed E-state index contributed by atoms with van der Waals surface area (Å²) in [4.78, 5) is 10.0. The number of aryl methyl sites for hydroxylation is 1. The van der Waals surface area contributed by atoms with Crippen molar-refractivity contribution in [3.05, 3.63) is 84.4 Å². The fraction of sp³-hybridized carbons (Fsp3) is 0.375. The van der Waals surface area contributed by atoms with Gasteiger partial charge in [0.1, 0.15) is 11.5 Å². The van der Waals surface area contributed by atoms with Crippen LogP contribution in [0.5, 0.6) is 11.5 Å². The predicted molar refractivity (Wildman–Crippen MR) is 153 cm³/mol. The third-order valence-electron chi connectivity index (χ3n) is 5.90. The molecule has 3 aromatic carbocycles. The SMILES string of the molecule is CCCCOc1ccc(N=C(CC)C(CCc2ccccc2)=Nc2ccc(OCCCC)cc2)cc1. The van der Waals surface area contributed by atoms with Crippen molar-refractivity contribution in [1.82, 2.24) is 0 Å². The molecule has 36 heavy (non-hydrogen) atoms. The largest absolute Gasteiger partial charge is 0.494 e. The molecule has 0 spiro atoms. The highest BCUT2D eigenvalue weighted by molar-refractivity contribution is 6.43. The molecule has 0 aliphatic carbocycles. The summed E-state index contributed by atoms with van der Waals surface area (Å²) in [5.41, 5.74) is 5.16.